The summed E-state index contributed by atoms with van der Waals surface area (Å²) >= 11 is 0. The van der Waals surface area contributed by atoms with Crippen LogP contribution in [0.1, 0.15) is 12.5 Å². The molecule has 2 aliphatic heterocycles. The fourth-order valence-corrected chi connectivity index (χ4v) is 3.38. The molecule has 2 heterocycles. The lowest BCUT2D eigenvalue weighted by Crippen LogP contribution is -2.35. The Bertz CT molecular complexity index is 517. The maximum Gasteiger partial charge on any atom is 0.219 e. The van der Waals surface area contributed by atoms with Crippen LogP contribution in [0.5, 0.6) is 5.75 Å². The summed E-state index contributed by atoms with van der Waals surface area (Å²) in [7, 11) is 1.68. The maximum atomic E-state index is 11.6. The van der Waals surface area contributed by atoms with Crippen molar-refractivity contribution >= 4 is 5.91 Å². The van der Waals surface area contributed by atoms with E-state index in [1.807, 2.05) is 17.0 Å². The van der Waals surface area contributed by atoms with Crippen LogP contribution in [0.25, 0.3) is 0 Å². The van der Waals surface area contributed by atoms with E-state index in [2.05, 4.69) is 17.0 Å². The van der Waals surface area contributed by atoms with Crippen LogP contribution in [0.4, 0.5) is 0 Å². The zero-order valence-corrected chi connectivity index (χ0v) is 13.3. The van der Waals surface area contributed by atoms with E-state index in [-0.39, 0.29) is 12.0 Å². The Hall–Kier alpha value is -1.59. The third kappa shape index (κ3) is 3.42. The highest BCUT2D eigenvalue weighted by Crippen LogP contribution is 2.25. The van der Waals surface area contributed by atoms with E-state index in [0.717, 1.165) is 38.5 Å². The molecule has 5 nitrogen and oxygen atoms in total. The first-order chi connectivity index (χ1) is 10.7. The van der Waals surface area contributed by atoms with Crippen LogP contribution in [0.3, 0.4) is 0 Å². The van der Waals surface area contributed by atoms with Crippen molar-refractivity contribution < 1.29 is 14.3 Å². The number of ether oxygens (including phenoxy) is 2. The molecule has 2 atom stereocenters. The molecule has 22 heavy (non-hydrogen) atoms. The molecule has 1 amide bonds. The summed E-state index contributed by atoms with van der Waals surface area (Å²) in [5.41, 5.74) is 1.28. The van der Waals surface area contributed by atoms with Crippen molar-refractivity contribution in [3.05, 3.63) is 29.8 Å². The average Bonchev–Trinajstić information content (AvgIpc) is 2.77. The number of carbonyl (C=O) groups excluding carboxylic acids is 1. The van der Waals surface area contributed by atoms with Gasteiger partial charge in [-0.25, -0.2) is 0 Å². The highest BCUT2D eigenvalue weighted by atomic mass is 16.5. The number of likely N-dealkylation sites (tertiary alicyclic amines) is 1. The molecule has 0 aromatic heterocycles. The number of rotatable bonds is 3. The third-order valence-corrected chi connectivity index (χ3v) is 4.62. The molecule has 1 aromatic carbocycles. The summed E-state index contributed by atoms with van der Waals surface area (Å²) in [4.78, 5) is 16.0. The van der Waals surface area contributed by atoms with Gasteiger partial charge in [0, 0.05) is 45.6 Å². The summed E-state index contributed by atoms with van der Waals surface area (Å²) in [6, 6.07) is 8.21. The van der Waals surface area contributed by atoms with E-state index >= 15 is 0 Å². The zero-order chi connectivity index (χ0) is 15.5. The number of fused-ring (bicyclic) bond motifs is 1. The van der Waals surface area contributed by atoms with Crippen molar-refractivity contribution in [2.24, 2.45) is 5.92 Å². The second-order valence-corrected chi connectivity index (χ2v) is 6.18. The minimum atomic E-state index is 0.151. The molecule has 0 spiro atoms. The number of carbonyl (C=O) groups is 1. The zero-order valence-electron chi connectivity index (χ0n) is 13.3. The second-order valence-electron chi connectivity index (χ2n) is 6.18. The van der Waals surface area contributed by atoms with E-state index in [1.54, 1.807) is 14.0 Å². The van der Waals surface area contributed by atoms with Crippen LogP contribution >= 0.6 is 0 Å². The summed E-state index contributed by atoms with van der Waals surface area (Å²) in [6.07, 6.45) is 0.252. The van der Waals surface area contributed by atoms with Crippen LogP contribution in [-0.4, -0.2) is 61.7 Å². The first-order valence-corrected chi connectivity index (χ1v) is 7.88. The Labute approximate surface area is 131 Å². The van der Waals surface area contributed by atoms with Crippen molar-refractivity contribution in [2.45, 2.75) is 19.6 Å². The van der Waals surface area contributed by atoms with Crippen LogP contribution in [0, 0.1) is 5.92 Å². The summed E-state index contributed by atoms with van der Waals surface area (Å²) in [6.45, 7) is 6.69. The van der Waals surface area contributed by atoms with Crippen LogP contribution < -0.4 is 4.74 Å². The number of hydrogen-bond acceptors (Lipinski definition) is 4. The quantitative estimate of drug-likeness (QED) is 0.846. The van der Waals surface area contributed by atoms with Gasteiger partial charge in [-0.1, -0.05) is 12.1 Å². The summed E-state index contributed by atoms with van der Waals surface area (Å²) < 4.78 is 11.1. The van der Waals surface area contributed by atoms with Crippen molar-refractivity contribution in [3.63, 3.8) is 0 Å². The fraction of sp³-hybridized carbons (Fsp3) is 0.588. The molecule has 120 valence electrons. The number of nitrogens with zero attached hydrogens (tertiary/aromatic N) is 2. The minimum Gasteiger partial charge on any atom is -0.497 e. The van der Waals surface area contributed by atoms with Gasteiger partial charge >= 0.3 is 0 Å². The van der Waals surface area contributed by atoms with Crippen molar-refractivity contribution in [1.82, 2.24) is 9.80 Å². The largest absolute Gasteiger partial charge is 0.497 e. The molecule has 0 saturated carbocycles. The normalized spacial score (nSPS) is 25.6. The highest BCUT2D eigenvalue weighted by molar-refractivity contribution is 5.73. The van der Waals surface area contributed by atoms with Gasteiger partial charge in [-0.05, 0) is 17.7 Å². The second kappa shape index (κ2) is 6.67. The van der Waals surface area contributed by atoms with Crippen LogP contribution in [0.2, 0.25) is 0 Å². The monoisotopic (exact) mass is 304 g/mol. The van der Waals surface area contributed by atoms with Gasteiger partial charge in [-0.2, -0.15) is 0 Å². The SMILES string of the molecule is COc1ccc(CN2C[C@H]3CN(C(C)=O)CCO[C@H]3C2)cc1. The molecule has 1 aromatic rings. The van der Waals surface area contributed by atoms with Crippen molar-refractivity contribution in [1.29, 1.82) is 0 Å². The molecule has 0 radical (unpaired) electrons. The molecule has 0 aliphatic carbocycles. The minimum absolute atomic E-state index is 0.151. The lowest BCUT2D eigenvalue weighted by Gasteiger charge is -2.22. The maximum absolute atomic E-state index is 11.6. The van der Waals surface area contributed by atoms with E-state index in [9.17, 15) is 4.79 Å². The van der Waals surface area contributed by atoms with E-state index in [1.165, 1.54) is 5.56 Å². The Morgan fingerprint density at radius 1 is 1.27 bits per heavy atom. The highest BCUT2D eigenvalue weighted by Gasteiger charge is 2.36. The molecule has 2 saturated heterocycles. The lowest BCUT2D eigenvalue weighted by molar-refractivity contribution is -0.129. The third-order valence-electron chi connectivity index (χ3n) is 4.62. The molecule has 5 heteroatoms. The van der Waals surface area contributed by atoms with Gasteiger partial charge in [0.05, 0.1) is 19.8 Å². The molecule has 0 bridgehead atoms. The van der Waals surface area contributed by atoms with E-state index in [4.69, 9.17) is 9.47 Å². The van der Waals surface area contributed by atoms with Crippen LogP contribution in [-0.2, 0) is 16.1 Å². The summed E-state index contributed by atoms with van der Waals surface area (Å²) in [5, 5.41) is 0. The van der Waals surface area contributed by atoms with Crippen molar-refractivity contribution in [2.75, 3.05) is 39.9 Å². The first-order valence-electron chi connectivity index (χ1n) is 7.88. The summed E-state index contributed by atoms with van der Waals surface area (Å²) in [5.74, 6) is 1.46. The Morgan fingerprint density at radius 2 is 2.05 bits per heavy atom. The van der Waals surface area contributed by atoms with E-state index < -0.39 is 0 Å². The van der Waals surface area contributed by atoms with Crippen LogP contribution in [0.15, 0.2) is 24.3 Å². The molecular weight excluding hydrogens is 280 g/mol. The fourth-order valence-electron chi connectivity index (χ4n) is 3.38. The predicted molar refractivity (Wildman–Crippen MR) is 83.8 cm³/mol. The van der Waals surface area contributed by atoms with Gasteiger partial charge in [0.2, 0.25) is 5.91 Å². The number of amides is 1. The Balaban J connectivity index is 1.60. The van der Waals surface area contributed by atoms with Gasteiger partial charge in [-0.3, -0.25) is 9.69 Å². The molecule has 0 N–H and O–H groups in total. The topological polar surface area (TPSA) is 42.0 Å². The van der Waals surface area contributed by atoms with Crippen molar-refractivity contribution in [3.8, 4) is 5.75 Å². The average molecular weight is 304 g/mol. The van der Waals surface area contributed by atoms with Gasteiger partial charge in [0.15, 0.2) is 0 Å². The smallest absolute Gasteiger partial charge is 0.219 e. The Kier molecular flexibility index (Phi) is 4.64. The molecular formula is C17H24N2O3. The lowest BCUT2D eigenvalue weighted by atomic mass is 10.1. The molecule has 2 fully saturated rings. The molecule has 3 rings (SSSR count). The standard InChI is InChI=1S/C17H24N2O3/c1-13(20)19-7-8-22-17-12-18(10-15(17)11-19)9-14-3-5-16(21-2)6-4-14/h3-6,15,17H,7-12H2,1-2H3/t15-,17-/m0/s1. The van der Waals surface area contributed by atoms with Gasteiger partial charge in [0.25, 0.3) is 0 Å². The number of methoxy groups -OCH3 is 1. The predicted octanol–water partition coefficient (Wildman–Crippen LogP) is 1.37. The van der Waals surface area contributed by atoms with Gasteiger partial charge in [0.1, 0.15) is 5.75 Å². The first kappa shape index (κ1) is 15.3. The Morgan fingerprint density at radius 3 is 2.73 bits per heavy atom. The van der Waals surface area contributed by atoms with Gasteiger partial charge in [-0.15, -0.1) is 0 Å². The molecule has 0 unspecified atom stereocenters. The number of hydrogen-bond donors (Lipinski definition) is 0. The van der Waals surface area contributed by atoms with Gasteiger partial charge < -0.3 is 14.4 Å². The molecule has 2 aliphatic rings. The number of benzene rings is 1. The van der Waals surface area contributed by atoms with E-state index in [0.29, 0.717) is 12.5 Å².